The first-order valence-electron chi connectivity index (χ1n) is 4.45. The number of carboxylic acid groups (broad SMARTS) is 1. The molecular weight excluding hydrogens is 196 g/mol. The van der Waals surface area contributed by atoms with E-state index in [9.17, 15) is 4.79 Å². The quantitative estimate of drug-likeness (QED) is 0.732. The van der Waals surface area contributed by atoms with Gasteiger partial charge in [0.15, 0.2) is 5.69 Å². The van der Waals surface area contributed by atoms with Gasteiger partial charge in [-0.1, -0.05) is 0 Å². The lowest BCUT2D eigenvalue weighted by molar-refractivity contribution is 0.0691. The van der Waals surface area contributed by atoms with Crippen LogP contribution in [0.5, 0.6) is 0 Å². The van der Waals surface area contributed by atoms with Crippen molar-refractivity contribution in [3.8, 4) is 0 Å². The van der Waals surface area contributed by atoms with Crippen LogP contribution >= 0.6 is 0 Å². The van der Waals surface area contributed by atoms with Gasteiger partial charge in [-0.25, -0.2) is 15.2 Å². The maximum absolute atomic E-state index is 11.0. The van der Waals surface area contributed by atoms with E-state index in [1.165, 1.54) is 5.12 Å². The first kappa shape index (κ1) is 9.60. The van der Waals surface area contributed by atoms with E-state index in [0.29, 0.717) is 17.9 Å². The molecule has 0 saturated carbocycles. The number of aromatic carboxylic acids is 1. The fraction of sp³-hybridized carbons (Fsp3) is 0.222. The highest BCUT2D eigenvalue weighted by molar-refractivity contribution is 5.92. The second-order valence-electron chi connectivity index (χ2n) is 3.10. The molecule has 1 aliphatic heterocycles. The number of hydrazine groups is 1. The van der Waals surface area contributed by atoms with E-state index in [-0.39, 0.29) is 5.69 Å². The van der Waals surface area contributed by atoms with Gasteiger partial charge in [-0.15, -0.1) is 0 Å². The van der Waals surface area contributed by atoms with Crippen molar-refractivity contribution in [1.29, 1.82) is 0 Å². The van der Waals surface area contributed by atoms with Crippen LogP contribution in [0.1, 0.15) is 16.2 Å². The first-order chi connectivity index (χ1) is 7.18. The number of hydrogen-bond donors (Lipinski definition) is 2. The molecule has 2 N–H and O–H groups in total. The summed E-state index contributed by atoms with van der Waals surface area (Å²) in [6.07, 6.45) is 1.66. The zero-order chi connectivity index (χ0) is 10.8. The second kappa shape index (κ2) is 3.66. The molecule has 6 heteroatoms. The molecule has 0 unspecified atom stereocenters. The predicted molar refractivity (Wildman–Crippen MR) is 54.9 cm³/mol. The number of nitrogens with one attached hydrogen (secondary N) is 1. The zero-order valence-corrected chi connectivity index (χ0v) is 8.14. The topological polar surface area (TPSA) is 77.8 Å². The molecule has 2 rings (SSSR count). The van der Waals surface area contributed by atoms with Gasteiger partial charge in [0.1, 0.15) is 5.69 Å². The summed E-state index contributed by atoms with van der Waals surface area (Å²) in [5, 5.41) is 14.4. The van der Waals surface area contributed by atoms with Crippen LogP contribution in [0.3, 0.4) is 0 Å². The molecule has 78 valence electrons. The highest BCUT2D eigenvalue weighted by Gasteiger charge is 2.18. The molecule has 0 saturated heterocycles. The van der Waals surface area contributed by atoms with Crippen molar-refractivity contribution in [2.75, 3.05) is 11.7 Å². The maximum atomic E-state index is 11.0. The lowest BCUT2D eigenvalue weighted by Gasteiger charge is -2.15. The van der Waals surface area contributed by atoms with Gasteiger partial charge < -0.3 is 5.11 Å². The summed E-state index contributed by atoms with van der Waals surface area (Å²) in [5.74, 6) is -1.06. The minimum atomic E-state index is -1.06. The zero-order valence-electron chi connectivity index (χ0n) is 8.14. The summed E-state index contributed by atoms with van der Waals surface area (Å²) < 4.78 is 0. The van der Waals surface area contributed by atoms with Crippen molar-refractivity contribution in [2.45, 2.75) is 6.92 Å². The van der Waals surface area contributed by atoms with Crippen molar-refractivity contribution in [3.05, 3.63) is 23.5 Å². The van der Waals surface area contributed by atoms with Crippen molar-refractivity contribution < 1.29 is 9.90 Å². The Bertz CT molecular complexity index is 430. The Morgan fingerprint density at radius 2 is 2.40 bits per heavy atom. The van der Waals surface area contributed by atoms with Crippen LogP contribution in [0, 0.1) is 6.92 Å². The van der Waals surface area contributed by atoms with Gasteiger partial charge in [-0.2, -0.15) is 10.2 Å². The number of hydrazone groups is 1. The Kier molecular flexibility index (Phi) is 2.34. The number of rotatable bonds is 2. The Labute approximate surface area is 86.2 Å². The molecule has 15 heavy (non-hydrogen) atoms. The maximum Gasteiger partial charge on any atom is 0.356 e. The predicted octanol–water partition coefficient (Wildman–Crippen LogP) is 0.399. The van der Waals surface area contributed by atoms with Crippen molar-refractivity contribution in [2.24, 2.45) is 5.10 Å². The molecule has 1 aromatic heterocycles. The summed E-state index contributed by atoms with van der Waals surface area (Å²) >= 11 is 0. The fourth-order valence-electron chi connectivity index (χ4n) is 1.32. The van der Waals surface area contributed by atoms with Gasteiger partial charge in [-0.05, 0) is 19.1 Å². The number of carbonyl (C=O) groups is 1. The van der Waals surface area contributed by atoms with Gasteiger partial charge in [0, 0.05) is 11.9 Å². The molecule has 0 amide bonds. The highest BCUT2D eigenvalue weighted by Crippen LogP contribution is 2.19. The lowest BCUT2D eigenvalue weighted by Crippen LogP contribution is -2.30. The Morgan fingerprint density at radius 1 is 1.60 bits per heavy atom. The van der Waals surface area contributed by atoms with E-state index in [1.807, 2.05) is 0 Å². The third kappa shape index (κ3) is 1.79. The molecule has 0 fully saturated rings. The monoisotopic (exact) mass is 206 g/mol. The molecule has 2 heterocycles. The van der Waals surface area contributed by atoms with Gasteiger partial charge in [-0.3, -0.25) is 0 Å². The standard InChI is InChI=1S/C9H10N4O2/c1-6-2-3-7(8(12-6)9(14)15)13-10-4-5-11-13/h2-4,11H,5H2,1H3,(H,14,15). The van der Waals surface area contributed by atoms with Gasteiger partial charge in [0.05, 0.1) is 6.54 Å². The fourth-order valence-corrected chi connectivity index (χ4v) is 1.32. The Balaban J connectivity index is 2.45. The van der Waals surface area contributed by atoms with Gasteiger partial charge in [0.2, 0.25) is 0 Å². The summed E-state index contributed by atoms with van der Waals surface area (Å²) in [7, 11) is 0. The molecule has 0 radical (unpaired) electrons. The summed E-state index contributed by atoms with van der Waals surface area (Å²) in [6, 6.07) is 3.43. The third-order valence-corrected chi connectivity index (χ3v) is 1.97. The average Bonchev–Trinajstić information content (AvgIpc) is 2.70. The van der Waals surface area contributed by atoms with E-state index in [1.54, 1.807) is 25.3 Å². The molecular formula is C9H10N4O2. The Hall–Kier alpha value is -1.95. The number of aromatic nitrogens is 1. The SMILES string of the molecule is Cc1ccc(N2N=CCN2)c(C(=O)O)n1. The second-order valence-corrected chi connectivity index (χ2v) is 3.10. The molecule has 1 aliphatic rings. The average molecular weight is 206 g/mol. The first-order valence-corrected chi connectivity index (χ1v) is 4.45. The van der Waals surface area contributed by atoms with Crippen molar-refractivity contribution >= 4 is 17.9 Å². The van der Waals surface area contributed by atoms with Crippen LogP contribution in [0.2, 0.25) is 0 Å². The number of anilines is 1. The number of pyridine rings is 1. The van der Waals surface area contributed by atoms with E-state index in [0.717, 1.165) is 0 Å². The van der Waals surface area contributed by atoms with Crippen LogP contribution in [-0.4, -0.2) is 28.8 Å². The molecule has 0 aliphatic carbocycles. The molecule has 0 spiro atoms. The van der Waals surface area contributed by atoms with Crippen LogP contribution in [-0.2, 0) is 0 Å². The van der Waals surface area contributed by atoms with Crippen LogP contribution < -0.4 is 10.5 Å². The van der Waals surface area contributed by atoms with Gasteiger partial charge in [0.25, 0.3) is 0 Å². The normalized spacial score (nSPS) is 14.6. The van der Waals surface area contributed by atoms with Gasteiger partial charge >= 0.3 is 5.97 Å². The molecule has 0 atom stereocenters. The molecule has 1 aromatic rings. The van der Waals surface area contributed by atoms with Crippen molar-refractivity contribution in [1.82, 2.24) is 10.4 Å². The van der Waals surface area contributed by atoms with E-state index >= 15 is 0 Å². The van der Waals surface area contributed by atoms with E-state index in [2.05, 4.69) is 15.5 Å². The number of aryl methyl sites for hydroxylation is 1. The number of hydrogen-bond acceptors (Lipinski definition) is 5. The highest BCUT2D eigenvalue weighted by atomic mass is 16.4. The van der Waals surface area contributed by atoms with Crippen LogP contribution in [0.25, 0.3) is 0 Å². The smallest absolute Gasteiger partial charge is 0.356 e. The van der Waals surface area contributed by atoms with Crippen molar-refractivity contribution in [3.63, 3.8) is 0 Å². The minimum absolute atomic E-state index is 0.00144. The number of carboxylic acids is 1. The minimum Gasteiger partial charge on any atom is -0.476 e. The van der Waals surface area contributed by atoms with E-state index < -0.39 is 5.97 Å². The molecule has 0 bridgehead atoms. The third-order valence-electron chi connectivity index (χ3n) is 1.97. The van der Waals surface area contributed by atoms with Crippen LogP contribution in [0.4, 0.5) is 5.69 Å². The van der Waals surface area contributed by atoms with E-state index in [4.69, 9.17) is 5.11 Å². The molecule has 0 aromatic carbocycles. The summed E-state index contributed by atoms with van der Waals surface area (Å²) in [6.45, 7) is 2.34. The van der Waals surface area contributed by atoms with Crippen LogP contribution in [0.15, 0.2) is 17.2 Å². The summed E-state index contributed by atoms with van der Waals surface area (Å²) in [5.41, 5.74) is 4.01. The Morgan fingerprint density at radius 3 is 3.00 bits per heavy atom. The summed E-state index contributed by atoms with van der Waals surface area (Å²) in [4.78, 5) is 14.9. The largest absolute Gasteiger partial charge is 0.476 e. The number of nitrogens with zero attached hydrogens (tertiary/aromatic N) is 3. The molecule has 6 nitrogen and oxygen atoms in total. The lowest BCUT2D eigenvalue weighted by atomic mass is 10.2.